The monoisotopic (exact) mass is 430 g/mol. The van der Waals surface area contributed by atoms with Gasteiger partial charge in [-0.25, -0.2) is 0 Å². The zero-order chi connectivity index (χ0) is 22.3. The maximum absolute atomic E-state index is 12.5. The normalized spacial score (nSPS) is 19.7. The Labute approximate surface area is 191 Å². The summed E-state index contributed by atoms with van der Waals surface area (Å²) < 4.78 is 11.9. The van der Waals surface area contributed by atoms with Crippen LogP contribution in [0.25, 0.3) is 0 Å². The van der Waals surface area contributed by atoms with Gasteiger partial charge in [-0.05, 0) is 56.7 Å². The van der Waals surface area contributed by atoms with Gasteiger partial charge in [-0.15, -0.1) is 0 Å². The highest BCUT2D eigenvalue weighted by molar-refractivity contribution is 5.69. The SMILES string of the molecule is CCCCCCCCCCCC(=O)O[C@@H]1CCCC[C@H]1c1ccc(OC(C)CC)cc1. The zero-order valence-corrected chi connectivity index (χ0v) is 20.4. The van der Waals surface area contributed by atoms with E-state index < -0.39 is 0 Å². The molecule has 0 amide bonds. The molecule has 3 nitrogen and oxygen atoms in total. The molecular weight excluding hydrogens is 384 g/mol. The first kappa shape index (κ1) is 25.7. The number of unbranched alkanes of at least 4 members (excludes halogenated alkanes) is 8. The van der Waals surface area contributed by atoms with Crippen molar-refractivity contribution >= 4 is 5.97 Å². The van der Waals surface area contributed by atoms with Crippen LogP contribution in [0.15, 0.2) is 24.3 Å². The summed E-state index contributed by atoms with van der Waals surface area (Å²) in [5.74, 6) is 1.24. The lowest BCUT2D eigenvalue weighted by Gasteiger charge is -2.31. The predicted molar refractivity (Wildman–Crippen MR) is 130 cm³/mol. The Morgan fingerprint density at radius 1 is 0.903 bits per heavy atom. The van der Waals surface area contributed by atoms with Crippen molar-refractivity contribution in [2.45, 2.75) is 135 Å². The number of carbonyl (C=O) groups excluding carboxylic acids is 1. The van der Waals surface area contributed by atoms with Crippen LogP contribution < -0.4 is 4.74 Å². The molecule has 1 aliphatic rings. The van der Waals surface area contributed by atoms with Gasteiger partial charge in [0, 0.05) is 12.3 Å². The molecule has 1 aromatic rings. The maximum atomic E-state index is 12.5. The molecule has 0 saturated heterocycles. The lowest BCUT2D eigenvalue weighted by molar-refractivity contribution is -0.151. The van der Waals surface area contributed by atoms with E-state index in [1.54, 1.807) is 0 Å². The van der Waals surface area contributed by atoms with Crippen LogP contribution in [0.5, 0.6) is 5.75 Å². The van der Waals surface area contributed by atoms with Gasteiger partial charge in [0.05, 0.1) is 6.10 Å². The first-order valence-electron chi connectivity index (χ1n) is 13.1. The number of esters is 1. The van der Waals surface area contributed by atoms with Crippen LogP contribution in [-0.4, -0.2) is 18.2 Å². The molecule has 0 spiro atoms. The van der Waals surface area contributed by atoms with Crippen molar-refractivity contribution in [1.29, 1.82) is 0 Å². The smallest absolute Gasteiger partial charge is 0.306 e. The Kier molecular flexibility index (Phi) is 12.7. The molecular formula is C28H46O3. The summed E-state index contributed by atoms with van der Waals surface area (Å²) in [6.45, 7) is 6.49. The van der Waals surface area contributed by atoms with Gasteiger partial charge >= 0.3 is 5.97 Å². The highest BCUT2D eigenvalue weighted by Crippen LogP contribution is 2.36. The predicted octanol–water partition coefficient (Wildman–Crippen LogP) is 8.35. The van der Waals surface area contributed by atoms with E-state index in [1.165, 1.54) is 56.9 Å². The van der Waals surface area contributed by atoms with Crippen molar-refractivity contribution in [2.24, 2.45) is 0 Å². The molecule has 176 valence electrons. The lowest BCUT2D eigenvalue weighted by atomic mass is 9.81. The number of hydrogen-bond acceptors (Lipinski definition) is 3. The molecule has 0 aliphatic heterocycles. The standard InChI is InChI=1S/C28H46O3/c1-4-6-7-8-9-10-11-12-13-18-28(29)31-27-17-15-14-16-26(27)24-19-21-25(22-20-24)30-23(3)5-2/h19-23,26-27H,4-18H2,1-3H3/t23?,26-,27+/m0/s1. The molecule has 1 aromatic carbocycles. The van der Waals surface area contributed by atoms with Crippen molar-refractivity contribution < 1.29 is 14.3 Å². The first-order chi connectivity index (χ1) is 15.1. The van der Waals surface area contributed by atoms with Crippen molar-refractivity contribution in [2.75, 3.05) is 0 Å². The number of ether oxygens (including phenoxy) is 2. The van der Waals surface area contributed by atoms with Crippen LogP contribution in [0.3, 0.4) is 0 Å². The molecule has 3 atom stereocenters. The largest absolute Gasteiger partial charge is 0.491 e. The fraction of sp³-hybridized carbons (Fsp3) is 0.750. The molecule has 0 N–H and O–H groups in total. The topological polar surface area (TPSA) is 35.5 Å². The third-order valence-electron chi connectivity index (χ3n) is 6.69. The van der Waals surface area contributed by atoms with Gasteiger partial charge in [0.1, 0.15) is 11.9 Å². The van der Waals surface area contributed by atoms with E-state index in [4.69, 9.17) is 9.47 Å². The van der Waals surface area contributed by atoms with Gasteiger partial charge in [0.25, 0.3) is 0 Å². The molecule has 2 rings (SSSR count). The highest BCUT2D eigenvalue weighted by Gasteiger charge is 2.29. The van der Waals surface area contributed by atoms with E-state index in [-0.39, 0.29) is 18.2 Å². The second-order valence-corrected chi connectivity index (χ2v) is 9.40. The lowest BCUT2D eigenvalue weighted by Crippen LogP contribution is -2.28. The van der Waals surface area contributed by atoms with Gasteiger partial charge in [-0.2, -0.15) is 0 Å². The zero-order valence-electron chi connectivity index (χ0n) is 20.4. The number of rotatable bonds is 15. The fourth-order valence-electron chi connectivity index (χ4n) is 4.54. The van der Waals surface area contributed by atoms with Gasteiger partial charge in [-0.1, -0.05) is 83.8 Å². The maximum Gasteiger partial charge on any atom is 0.306 e. The second kappa shape index (κ2) is 15.3. The molecule has 0 radical (unpaired) electrons. The van der Waals surface area contributed by atoms with Crippen LogP contribution in [0.2, 0.25) is 0 Å². The summed E-state index contributed by atoms with van der Waals surface area (Å²) in [6, 6.07) is 8.46. The third kappa shape index (κ3) is 10.1. The van der Waals surface area contributed by atoms with Crippen LogP contribution in [0.1, 0.15) is 129 Å². The second-order valence-electron chi connectivity index (χ2n) is 9.40. The first-order valence-corrected chi connectivity index (χ1v) is 13.1. The van der Waals surface area contributed by atoms with E-state index in [9.17, 15) is 4.79 Å². The molecule has 0 aromatic heterocycles. The molecule has 0 heterocycles. The summed E-state index contributed by atoms with van der Waals surface area (Å²) >= 11 is 0. The number of benzene rings is 1. The van der Waals surface area contributed by atoms with Gasteiger partial charge < -0.3 is 9.47 Å². The van der Waals surface area contributed by atoms with Gasteiger partial charge in [0.2, 0.25) is 0 Å². The Balaban J connectivity index is 1.71. The van der Waals surface area contributed by atoms with Crippen molar-refractivity contribution in [3.63, 3.8) is 0 Å². The van der Waals surface area contributed by atoms with E-state index in [1.807, 2.05) is 0 Å². The minimum absolute atomic E-state index is 0.00318. The van der Waals surface area contributed by atoms with Crippen LogP contribution >= 0.6 is 0 Å². The quantitative estimate of drug-likeness (QED) is 0.207. The molecule has 1 saturated carbocycles. The molecule has 1 aliphatic carbocycles. The minimum atomic E-state index is -0.00318. The third-order valence-corrected chi connectivity index (χ3v) is 6.69. The van der Waals surface area contributed by atoms with Gasteiger partial charge in [0.15, 0.2) is 0 Å². The summed E-state index contributed by atoms with van der Waals surface area (Å²) in [4.78, 5) is 12.5. The molecule has 1 unspecified atom stereocenters. The van der Waals surface area contributed by atoms with E-state index >= 15 is 0 Å². The van der Waals surface area contributed by atoms with Crippen LogP contribution in [0.4, 0.5) is 0 Å². The van der Waals surface area contributed by atoms with Crippen molar-refractivity contribution in [3.8, 4) is 5.75 Å². The Morgan fingerprint density at radius 2 is 1.52 bits per heavy atom. The molecule has 3 heteroatoms. The summed E-state index contributed by atoms with van der Waals surface area (Å²) in [6.07, 6.45) is 17.7. The van der Waals surface area contributed by atoms with E-state index in [0.29, 0.717) is 12.3 Å². The minimum Gasteiger partial charge on any atom is -0.491 e. The average Bonchev–Trinajstić information content (AvgIpc) is 2.79. The molecule has 31 heavy (non-hydrogen) atoms. The van der Waals surface area contributed by atoms with Crippen LogP contribution in [-0.2, 0) is 9.53 Å². The van der Waals surface area contributed by atoms with E-state index in [2.05, 4.69) is 45.0 Å². The Bertz CT molecular complexity index is 595. The number of hydrogen-bond donors (Lipinski definition) is 0. The van der Waals surface area contributed by atoms with Crippen molar-refractivity contribution in [1.82, 2.24) is 0 Å². The molecule has 0 bridgehead atoms. The van der Waals surface area contributed by atoms with E-state index in [0.717, 1.165) is 44.3 Å². The van der Waals surface area contributed by atoms with Crippen molar-refractivity contribution in [3.05, 3.63) is 29.8 Å². The fourth-order valence-corrected chi connectivity index (χ4v) is 4.54. The Morgan fingerprint density at radius 3 is 2.16 bits per heavy atom. The summed E-state index contributed by atoms with van der Waals surface area (Å²) in [5, 5.41) is 0. The van der Waals surface area contributed by atoms with Gasteiger partial charge in [-0.3, -0.25) is 4.79 Å². The average molecular weight is 431 g/mol. The Hall–Kier alpha value is -1.51. The summed E-state index contributed by atoms with van der Waals surface area (Å²) in [7, 11) is 0. The highest BCUT2D eigenvalue weighted by atomic mass is 16.5. The van der Waals surface area contributed by atoms with Crippen LogP contribution in [0, 0.1) is 0 Å². The molecule has 1 fully saturated rings. The summed E-state index contributed by atoms with van der Waals surface area (Å²) in [5.41, 5.74) is 1.28. The number of carbonyl (C=O) groups is 1.